The first kappa shape index (κ1) is 72.7. The lowest BCUT2D eigenvalue weighted by Gasteiger charge is -2.18. The van der Waals surface area contributed by atoms with E-state index in [2.05, 4.69) is 38.3 Å². The minimum atomic E-state index is -0.448. The van der Waals surface area contributed by atoms with E-state index < -0.39 is 5.97 Å². The van der Waals surface area contributed by atoms with E-state index in [1.807, 2.05) is 0 Å². The SMILES string of the molecule is CCCCCCC(CCCC)COC(=O)CCCCCCCOCC(COCCOCCOCCOCCOC(=O)CNCC(=O)CNCCOC)OCCCCCCCC(=O)OCC(CCCCC)CCCCC. The van der Waals surface area contributed by atoms with Crippen molar-refractivity contribution in [1.29, 1.82) is 0 Å². The van der Waals surface area contributed by atoms with Crippen molar-refractivity contribution in [2.24, 2.45) is 11.8 Å². The first-order valence-electron chi connectivity index (χ1n) is 30.2. The van der Waals surface area contributed by atoms with Gasteiger partial charge in [-0.1, -0.05) is 143 Å². The van der Waals surface area contributed by atoms with Crippen molar-refractivity contribution in [2.75, 3.05) is 132 Å². The van der Waals surface area contributed by atoms with Gasteiger partial charge in [-0.3, -0.25) is 19.2 Å². The predicted octanol–water partition coefficient (Wildman–Crippen LogP) is 10.7. The quantitative estimate of drug-likeness (QED) is 0.0333. The second kappa shape index (κ2) is 59.4. The highest BCUT2D eigenvalue weighted by Gasteiger charge is 2.15. The van der Waals surface area contributed by atoms with E-state index in [4.69, 9.17) is 47.4 Å². The summed E-state index contributed by atoms with van der Waals surface area (Å²) in [5.74, 6) is 0.382. The monoisotopic (exact) mass is 1070 g/mol. The van der Waals surface area contributed by atoms with Crippen molar-refractivity contribution in [3.05, 3.63) is 0 Å². The van der Waals surface area contributed by atoms with Gasteiger partial charge >= 0.3 is 17.9 Å². The van der Waals surface area contributed by atoms with Crippen LogP contribution in [0.3, 0.4) is 0 Å². The Hall–Kier alpha value is -2.28. The Morgan fingerprint density at radius 3 is 1.33 bits per heavy atom. The van der Waals surface area contributed by atoms with Crippen molar-refractivity contribution in [3.8, 4) is 0 Å². The number of esters is 3. The van der Waals surface area contributed by atoms with E-state index in [1.54, 1.807) is 7.11 Å². The number of carbonyl (C=O) groups is 4. The number of ether oxygens (including phenoxy) is 10. The second-order valence-corrected chi connectivity index (χ2v) is 20.1. The normalized spacial score (nSPS) is 12.3. The van der Waals surface area contributed by atoms with E-state index in [9.17, 15) is 19.2 Å². The van der Waals surface area contributed by atoms with Crippen LogP contribution in [0.1, 0.15) is 207 Å². The van der Waals surface area contributed by atoms with Gasteiger partial charge in [0.05, 0.1) is 98.9 Å². The van der Waals surface area contributed by atoms with Gasteiger partial charge in [-0.25, -0.2) is 0 Å². The van der Waals surface area contributed by atoms with Crippen LogP contribution < -0.4 is 10.6 Å². The third-order valence-electron chi connectivity index (χ3n) is 13.0. The standard InChI is InChI=1S/C59H114N2O14/c1-6-10-14-23-31-53(28-13-9-4)49-74-57(63)32-24-17-15-19-26-35-70-51-56(72-36-27-20-16-18-25-33-58(64)75-50-54(29-21-11-7-2)30-22-12-8-3)52-71-43-42-68-39-38-67-40-41-69-44-45-73-59(65)48-61-47-55(62)46-60-34-37-66-5/h53-54,56,60-61H,6-52H2,1-5H3. The van der Waals surface area contributed by atoms with Gasteiger partial charge in [0.15, 0.2) is 5.78 Å². The highest BCUT2D eigenvalue weighted by Crippen LogP contribution is 2.20. The zero-order chi connectivity index (χ0) is 54.8. The molecule has 0 aliphatic rings. The Labute approximate surface area is 457 Å². The first-order valence-corrected chi connectivity index (χ1v) is 30.2. The summed E-state index contributed by atoms with van der Waals surface area (Å²) in [6, 6.07) is 0. The Balaban J connectivity index is 4.42. The number of methoxy groups -OCH3 is 1. The summed E-state index contributed by atoms with van der Waals surface area (Å²) in [6.07, 6.45) is 30.0. The Morgan fingerprint density at radius 2 is 0.787 bits per heavy atom. The van der Waals surface area contributed by atoms with E-state index in [-0.39, 0.29) is 56.7 Å². The highest BCUT2D eigenvalue weighted by molar-refractivity contribution is 5.83. The maximum absolute atomic E-state index is 12.5. The Morgan fingerprint density at radius 1 is 0.360 bits per heavy atom. The van der Waals surface area contributed by atoms with Crippen molar-refractivity contribution in [2.45, 2.75) is 214 Å². The molecule has 0 saturated heterocycles. The number of nitrogens with one attached hydrogen (secondary N) is 2. The van der Waals surface area contributed by atoms with Crippen LogP contribution in [0.2, 0.25) is 0 Å². The van der Waals surface area contributed by atoms with Gasteiger partial charge in [-0.2, -0.15) is 0 Å². The lowest BCUT2D eigenvalue weighted by molar-refractivity contribution is -0.146. The number of rotatable bonds is 62. The van der Waals surface area contributed by atoms with Crippen LogP contribution in [0.25, 0.3) is 0 Å². The van der Waals surface area contributed by atoms with E-state index in [1.165, 1.54) is 77.0 Å². The van der Waals surface area contributed by atoms with Crippen LogP contribution in [0, 0.1) is 11.8 Å². The van der Waals surface area contributed by atoms with Crippen LogP contribution in [-0.2, 0) is 66.5 Å². The summed E-state index contributed by atoms with van der Waals surface area (Å²) in [6.45, 7) is 16.4. The van der Waals surface area contributed by atoms with Crippen LogP contribution in [0.4, 0.5) is 0 Å². The fourth-order valence-electron chi connectivity index (χ4n) is 8.33. The van der Waals surface area contributed by atoms with Crippen molar-refractivity contribution >= 4 is 23.7 Å². The van der Waals surface area contributed by atoms with Gasteiger partial charge in [0, 0.05) is 39.7 Å². The summed E-state index contributed by atoms with van der Waals surface area (Å²) in [7, 11) is 1.60. The Kier molecular flexibility index (Phi) is 57.6. The lowest BCUT2D eigenvalue weighted by Crippen LogP contribution is -2.35. The maximum atomic E-state index is 12.5. The second-order valence-electron chi connectivity index (χ2n) is 20.1. The summed E-state index contributed by atoms with van der Waals surface area (Å²) < 4.78 is 56.5. The molecule has 0 rings (SSSR count). The molecule has 0 radical (unpaired) electrons. The molecule has 2 N–H and O–H groups in total. The molecule has 0 amide bonds. The number of unbranched alkanes of at least 4 members (excludes halogenated alkanes) is 16. The molecule has 0 spiro atoms. The molecule has 0 aliphatic heterocycles. The van der Waals surface area contributed by atoms with Crippen LogP contribution >= 0.6 is 0 Å². The molecule has 0 aromatic rings. The number of Topliss-reactive ketones (excluding diaryl/α,β-unsaturated/α-hetero) is 1. The van der Waals surface area contributed by atoms with Crippen LogP contribution in [0.15, 0.2) is 0 Å². The average molecular weight is 1080 g/mol. The molecule has 0 aromatic carbocycles. The number of hydrogen-bond acceptors (Lipinski definition) is 16. The first-order chi connectivity index (χ1) is 36.8. The lowest BCUT2D eigenvalue weighted by atomic mass is 9.96. The molecule has 0 bridgehead atoms. The minimum absolute atomic E-state index is 0.0487. The van der Waals surface area contributed by atoms with E-state index in [0.29, 0.717) is 117 Å². The predicted molar refractivity (Wildman–Crippen MR) is 298 cm³/mol. The van der Waals surface area contributed by atoms with Crippen LogP contribution in [0.5, 0.6) is 0 Å². The fourth-order valence-corrected chi connectivity index (χ4v) is 8.33. The molecule has 2 unspecified atom stereocenters. The number of carbonyl (C=O) groups excluding carboxylic acids is 4. The highest BCUT2D eigenvalue weighted by atomic mass is 16.6. The molecule has 75 heavy (non-hydrogen) atoms. The molecule has 0 aliphatic carbocycles. The average Bonchev–Trinajstić information content (AvgIpc) is 3.40. The molecule has 0 saturated carbocycles. The van der Waals surface area contributed by atoms with Gasteiger partial charge in [0.1, 0.15) is 12.7 Å². The molecule has 0 fully saturated rings. The van der Waals surface area contributed by atoms with Gasteiger partial charge in [0.25, 0.3) is 0 Å². The molecule has 0 heterocycles. The summed E-state index contributed by atoms with van der Waals surface area (Å²) in [5, 5.41) is 5.74. The van der Waals surface area contributed by atoms with E-state index in [0.717, 1.165) is 89.9 Å². The van der Waals surface area contributed by atoms with Crippen molar-refractivity contribution in [1.82, 2.24) is 10.6 Å². The third-order valence-corrected chi connectivity index (χ3v) is 13.0. The smallest absolute Gasteiger partial charge is 0.320 e. The molecule has 16 heteroatoms. The number of ketones is 1. The minimum Gasteiger partial charge on any atom is -0.465 e. The fraction of sp³-hybridized carbons (Fsp3) is 0.932. The zero-order valence-corrected chi connectivity index (χ0v) is 48.7. The van der Waals surface area contributed by atoms with Gasteiger partial charge in [-0.15, -0.1) is 0 Å². The van der Waals surface area contributed by atoms with Gasteiger partial charge < -0.3 is 58.0 Å². The van der Waals surface area contributed by atoms with Crippen molar-refractivity contribution in [3.63, 3.8) is 0 Å². The topological polar surface area (TPSA) is 185 Å². The van der Waals surface area contributed by atoms with Crippen molar-refractivity contribution < 1.29 is 66.5 Å². The largest absolute Gasteiger partial charge is 0.465 e. The summed E-state index contributed by atoms with van der Waals surface area (Å²) in [5.41, 5.74) is 0. The summed E-state index contributed by atoms with van der Waals surface area (Å²) >= 11 is 0. The molecular weight excluding hydrogens is 961 g/mol. The Bertz CT molecular complexity index is 1240. The van der Waals surface area contributed by atoms with Crippen LogP contribution in [-0.4, -0.2) is 162 Å². The maximum Gasteiger partial charge on any atom is 0.320 e. The molecule has 0 aromatic heterocycles. The molecular formula is C59H114N2O14. The zero-order valence-electron chi connectivity index (χ0n) is 48.7. The van der Waals surface area contributed by atoms with Gasteiger partial charge in [-0.05, 0) is 63.2 Å². The molecule has 2 atom stereocenters. The van der Waals surface area contributed by atoms with E-state index >= 15 is 0 Å². The van der Waals surface area contributed by atoms with Gasteiger partial charge in [0.2, 0.25) is 0 Å². The number of hydrogen-bond donors (Lipinski definition) is 2. The molecule has 16 nitrogen and oxygen atoms in total. The summed E-state index contributed by atoms with van der Waals surface area (Å²) in [4.78, 5) is 48.6. The molecule has 444 valence electrons. The third kappa shape index (κ3) is 54.9.